The van der Waals surface area contributed by atoms with Crippen molar-refractivity contribution >= 4 is 28.6 Å². The Morgan fingerprint density at radius 1 is 1.12 bits per heavy atom. The number of aromatic amines is 1. The van der Waals surface area contributed by atoms with E-state index in [2.05, 4.69) is 27.6 Å². The summed E-state index contributed by atoms with van der Waals surface area (Å²) in [6.45, 7) is 3.95. The van der Waals surface area contributed by atoms with E-state index < -0.39 is 0 Å². The number of methoxy groups -OCH3 is 2. The SMILES string of the molecule is C=c1[nH]n(-c2cccc(Br)c2)c(=O)/c1=C/c1ccc(OC)c(OC)c1. The van der Waals surface area contributed by atoms with Gasteiger partial charge in [0.15, 0.2) is 11.5 Å². The van der Waals surface area contributed by atoms with Crippen molar-refractivity contribution in [1.82, 2.24) is 9.78 Å². The zero-order chi connectivity index (χ0) is 18.0. The molecule has 3 aromatic rings. The third-order valence-corrected chi connectivity index (χ3v) is 4.28. The lowest BCUT2D eigenvalue weighted by molar-refractivity contribution is 0.355. The second-order valence-corrected chi connectivity index (χ2v) is 6.30. The van der Waals surface area contributed by atoms with Crippen molar-refractivity contribution in [1.29, 1.82) is 0 Å². The Morgan fingerprint density at radius 3 is 2.56 bits per heavy atom. The molecule has 128 valence electrons. The van der Waals surface area contributed by atoms with Crippen molar-refractivity contribution in [3.05, 3.63) is 73.4 Å². The van der Waals surface area contributed by atoms with E-state index in [0.29, 0.717) is 22.1 Å². The van der Waals surface area contributed by atoms with Gasteiger partial charge in [0, 0.05) is 4.47 Å². The van der Waals surface area contributed by atoms with Crippen LogP contribution in [0.5, 0.6) is 11.5 Å². The Balaban J connectivity index is 2.14. The highest BCUT2D eigenvalue weighted by molar-refractivity contribution is 9.10. The first kappa shape index (κ1) is 17.1. The Bertz CT molecular complexity index is 1080. The molecule has 0 aliphatic carbocycles. The van der Waals surface area contributed by atoms with Crippen molar-refractivity contribution in [3.63, 3.8) is 0 Å². The largest absolute Gasteiger partial charge is 0.493 e. The lowest BCUT2D eigenvalue weighted by atomic mass is 10.1. The molecule has 1 aromatic heterocycles. The van der Waals surface area contributed by atoms with Gasteiger partial charge >= 0.3 is 0 Å². The van der Waals surface area contributed by atoms with Gasteiger partial charge in [-0.15, -0.1) is 0 Å². The van der Waals surface area contributed by atoms with Gasteiger partial charge in [-0.3, -0.25) is 9.89 Å². The number of hydrogen-bond acceptors (Lipinski definition) is 3. The van der Waals surface area contributed by atoms with Crippen LogP contribution in [-0.2, 0) is 0 Å². The lowest BCUT2D eigenvalue weighted by Gasteiger charge is -2.07. The Morgan fingerprint density at radius 2 is 1.88 bits per heavy atom. The number of halogens is 1. The number of nitrogens with one attached hydrogen (secondary N) is 1. The monoisotopic (exact) mass is 400 g/mol. The Kier molecular flexibility index (Phi) is 4.81. The summed E-state index contributed by atoms with van der Waals surface area (Å²) in [5.74, 6) is 1.24. The van der Waals surface area contributed by atoms with E-state index in [4.69, 9.17) is 9.47 Å². The van der Waals surface area contributed by atoms with E-state index in [-0.39, 0.29) is 5.56 Å². The standard InChI is InChI=1S/C19H17BrN2O3/c1-12-16(9-13-7-8-17(24-2)18(10-13)25-3)19(23)22(21-12)15-6-4-5-14(20)11-15/h4-11,21H,1H2,2-3H3/b16-9+. The van der Waals surface area contributed by atoms with Crippen molar-refractivity contribution < 1.29 is 9.47 Å². The summed E-state index contributed by atoms with van der Waals surface area (Å²) in [5.41, 5.74) is 1.38. The number of nitrogens with zero attached hydrogens (tertiary/aromatic N) is 1. The number of rotatable bonds is 4. The molecule has 0 aliphatic heterocycles. The maximum Gasteiger partial charge on any atom is 0.279 e. The number of H-pyrrole nitrogens is 1. The molecular weight excluding hydrogens is 384 g/mol. The number of hydrogen-bond donors (Lipinski definition) is 1. The molecule has 3 rings (SSSR count). The maximum atomic E-state index is 12.8. The molecule has 0 saturated heterocycles. The first-order valence-corrected chi connectivity index (χ1v) is 8.32. The van der Waals surface area contributed by atoms with Crippen LogP contribution in [-0.4, -0.2) is 24.0 Å². The molecule has 25 heavy (non-hydrogen) atoms. The molecule has 5 nitrogen and oxygen atoms in total. The van der Waals surface area contributed by atoms with E-state index in [1.54, 1.807) is 26.4 Å². The van der Waals surface area contributed by atoms with Crippen LogP contribution in [0.1, 0.15) is 5.56 Å². The molecule has 1 N–H and O–H groups in total. The predicted molar refractivity (Wildman–Crippen MR) is 102 cm³/mol. The maximum absolute atomic E-state index is 12.8. The van der Waals surface area contributed by atoms with Crippen LogP contribution in [0.25, 0.3) is 18.3 Å². The summed E-state index contributed by atoms with van der Waals surface area (Å²) in [6, 6.07) is 12.9. The van der Waals surface area contributed by atoms with Crippen molar-refractivity contribution in [2.45, 2.75) is 0 Å². The van der Waals surface area contributed by atoms with Gasteiger partial charge in [0.2, 0.25) is 0 Å². The molecule has 0 amide bonds. The summed E-state index contributed by atoms with van der Waals surface area (Å²) in [6.07, 6.45) is 1.78. The fourth-order valence-corrected chi connectivity index (χ4v) is 2.94. The van der Waals surface area contributed by atoms with Crippen LogP contribution in [0, 0.1) is 0 Å². The van der Waals surface area contributed by atoms with Gasteiger partial charge in [0.25, 0.3) is 5.56 Å². The van der Waals surface area contributed by atoms with Gasteiger partial charge in [-0.05, 0) is 42.0 Å². The Labute approximate surface area is 152 Å². The van der Waals surface area contributed by atoms with Crippen molar-refractivity contribution in [2.24, 2.45) is 0 Å². The average Bonchev–Trinajstić information content (AvgIpc) is 2.89. The highest BCUT2D eigenvalue weighted by Crippen LogP contribution is 2.27. The highest BCUT2D eigenvalue weighted by atomic mass is 79.9. The summed E-state index contributed by atoms with van der Waals surface area (Å²) in [7, 11) is 3.16. The van der Waals surface area contributed by atoms with Crippen LogP contribution in [0.15, 0.2) is 51.7 Å². The number of aromatic nitrogens is 2. The average molecular weight is 401 g/mol. The van der Waals surface area contributed by atoms with Crippen molar-refractivity contribution in [3.8, 4) is 17.2 Å². The van der Waals surface area contributed by atoms with Gasteiger partial charge in [0.1, 0.15) is 0 Å². The second kappa shape index (κ2) is 7.03. The van der Waals surface area contributed by atoms with Gasteiger partial charge in [-0.1, -0.05) is 34.6 Å². The molecular formula is C19H17BrN2O3. The minimum atomic E-state index is -0.169. The molecule has 0 fully saturated rings. The van der Waals surface area contributed by atoms with Crippen LogP contribution in [0.2, 0.25) is 0 Å². The fraction of sp³-hybridized carbons (Fsp3) is 0.105. The van der Waals surface area contributed by atoms with E-state index in [1.165, 1.54) is 4.68 Å². The molecule has 0 aliphatic rings. The smallest absolute Gasteiger partial charge is 0.279 e. The van der Waals surface area contributed by atoms with E-state index in [9.17, 15) is 4.79 Å². The molecule has 2 aromatic carbocycles. The minimum Gasteiger partial charge on any atom is -0.493 e. The molecule has 6 heteroatoms. The molecule has 0 saturated carbocycles. The van der Waals surface area contributed by atoms with E-state index in [1.807, 2.05) is 36.4 Å². The molecule has 0 spiro atoms. The summed E-state index contributed by atoms with van der Waals surface area (Å²) in [5, 5.41) is 4.05. The van der Waals surface area contributed by atoms with Gasteiger partial charge in [-0.2, -0.15) is 0 Å². The second-order valence-electron chi connectivity index (χ2n) is 5.38. The number of benzene rings is 2. The molecule has 0 radical (unpaired) electrons. The predicted octanol–water partition coefficient (Wildman–Crippen LogP) is 2.18. The molecule has 0 bridgehead atoms. The quantitative estimate of drug-likeness (QED) is 0.730. The van der Waals surface area contributed by atoms with Gasteiger partial charge in [0.05, 0.1) is 30.5 Å². The number of ether oxygens (including phenoxy) is 2. The van der Waals surface area contributed by atoms with Crippen LogP contribution >= 0.6 is 15.9 Å². The third kappa shape index (κ3) is 3.39. The van der Waals surface area contributed by atoms with Crippen LogP contribution < -0.4 is 25.6 Å². The van der Waals surface area contributed by atoms with E-state index in [0.717, 1.165) is 15.7 Å². The zero-order valence-corrected chi connectivity index (χ0v) is 15.5. The summed E-state index contributed by atoms with van der Waals surface area (Å²) >= 11 is 3.41. The summed E-state index contributed by atoms with van der Waals surface area (Å²) in [4.78, 5) is 12.8. The first-order valence-electron chi connectivity index (χ1n) is 7.53. The first-order chi connectivity index (χ1) is 12.0. The zero-order valence-electron chi connectivity index (χ0n) is 13.9. The minimum absolute atomic E-state index is 0.169. The van der Waals surface area contributed by atoms with Crippen LogP contribution in [0.4, 0.5) is 0 Å². The topological polar surface area (TPSA) is 56.2 Å². The van der Waals surface area contributed by atoms with Gasteiger partial charge in [-0.25, -0.2) is 4.68 Å². The summed E-state index contributed by atoms with van der Waals surface area (Å²) < 4.78 is 12.9. The molecule has 0 atom stereocenters. The van der Waals surface area contributed by atoms with E-state index >= 15 is 0 Å². The van der Waals surface area contributed by atoms with Crippen LogP contribution in [0.3, 0.4) is 0 Å². The molecule has 1 heterocycles. The lowest BCUT2D eigenvalue weighted by Crippen LogP contribution is -2.33. The van der Waals surface area contributed by atoms with Gasteiger partial charge < -0.3 is 9.47 Å². The molecule has 0 unspecified atom stereocenters. The fourth-order valence-electron chi connectivity index (χ4n) is 2.55. The van der Waals surface area contributed by atoms with Crippen molar-refractivity contribution in [2.75, 3.05) is 14.2 Å². The third-order valence-electron chi connectivity index (χ3n) is 3.79. The normalized spacial score (nSPS) is 11.6. The highest BCUT2D eigenvalue weighted by Gasteiger charge is 2.07. The Hall–Kier alpha value is -2.73.